The monoisotopic (exact) mass is 187 g/mol. The highest BCUT2D eigenvalue weighted by Crippen LogP contribution is 1.90. The molecule has 0 radical (unpaired) electrons. The first kappa shape index (κ1) is 11.5. The molecule has 0 saturated heterocycles. The zero-order chi connectivity index (χ0) is 10.3. The Labute approximate surface area is 76.7 Å². The van der Waals surface area contributed by atoms with Crippen LogP contribution < -0.4 is 5.32 Å². The molecule has 5 nitrogen and oxygen atoms in total. The van der Waals surface area contributed by atoms with Gasteiger partial charge in [-0.05, 0) is 6.92 Å². The molecule has 1 N–H and O–H groups in total. The molecule has 0 aliphatic rings. The molecule has 0 aromatic heterocycles. The molecule has 1 atom stereocenters. The van der Waals surface area contributed by atoms with Crippen LogP contribution in [-0.4, -0.2) is 31.8 Å². The summed E-state index contributed by atoms with van der Waals surface area (Å²) in [6.07, 6.45) is 0.111. The fourth-order valence-electron chi connectivity index (χ4n) is 0.587. The summed E-state index contributed by atoms with van der Waals surface area (Å²) in [7, 11) is 1.26. The molecule has 0 heterocycles. The summed E-state index contributed by atoms with van der Waals surface area (Å²) in [5.74, 6) is -0.515. The van der Waals surface area contributed by atoms with Crippen molar-refractivity contribution in [3.05, 3.63) is 12.7 Å². The first-order chi connectivity index (χ1) is 6.10. The Morgan fingerprint density at radius 1 is 1.62 bits per heavy atom. The van der Waals surface area contributed by atoms with Crippen LogP contribution in [0.2, 0.25) is 0 Å². The molecule has 1 amide bonds. The van der Waals surface area contributed by atoms with Crippen molar-refractivity contribution in [2.75, 3.05) is 13.7 Å². The maximum atomic E-state index is 10.7. The first-order valence-electron chi connectivity index (χ1n) is 3.75. The Morgan fingerprint density at radius 3 is 2.69 bits per heavy atom. The van der Waals surface area contributed by atoms with Crippen LogP contribution in [0.15, 0.2) is 12.7 Å². The standard InChI is InChI=1S/C8H13NO4/c1-4-7(10)13-6(2)5-9-8(11)12-3/h4,6H,1,5H2,2-3H3,(H,9,11). The molecule has 0 fully saturated rings. The van der Waals surface area contributed by atoms with Gasteiger partial charge in [-0.15, -0.1) is 0 Å². The van der Waals surface area contributed by atoms with E-state index in [0.717, 1.165) is 6.08 Å². The van der Waals surface area contributed by atoms with Crippen LogP contribution in [0, 0.1) is 0 Å². The molecule has 0 rings (SSSR count). The van der Waals surface area contributed by atoms with Gasteiger partial charge in [0.05, 0.1) is 13.7 Å². The smallest absolute Gasteiger partial charge is 0.406 e. The van der Waals surface area contributed by atoms with Gasteiger partial charge in [0.2, 0.25) is 0 Å². The molecule has 13 heavy (non-hydrogen) atoms. The third kappa shape index (κ3) is 5.72. The normalized spacial score (nSPS) is 11.2. The molecular formula is C8H13NO4. The summed E-state index contributed by atoms with van der Waals surface area (Å²) in [5, 5.41) is 2.39. The van der Waals surface area contributed by atoms with Gasteiger partial charge in [0, 0.05) is 6.08 Å². The van der Waals surface area contributed by atoms with Crippen molar-refractivity contribution in [2.45, 2.75) is 13.0 Å². The van der Waals surface area contributed by atoms with E-state index in [2.05, 4.69) is 16.6 Å². The van der Waals surface area contributed by atoms with E-state index >= 15 is 0 Å². The molecule has 0 aliphatic carbocycles. The summed E-state index contributed by atoms with van der Waals surface area (Å²) in [4.78, 5) is 21.2. The number of carbonyl (C=O) groups excluding carboxylic acids is 2. The number of rotatable bonds is 4. The van der Waals surface area contributed by atoms with Crippen molar-refractivity contribution in [1.29, 1.82) is 0 Å². The Hall–Kier alpha value is -1.52. The van der Waals surface area contributed by atoms with Crippen molar-refractivity contribution in [1.82, 2.24) is 5.32 Å². The van der Waals surface area contributed by atoms with Gasteiger partial charge in [-0.2, -0.15) is 0 Å². The van der Waals surface area contributed by atoms with Crippen LogP contribution in [0.5, 0.6) is 0 Å². The van der Waals surface area contributed by atoms with Crippen LogP contribution in [-0.2, 0) is 14.3 Å². The average Bonchev–Trinajstić information content (AvgIpc) is 2.13. The summed E-state index contributed by atoms with van der Waals surface area (Å²) < 4.78 is 9.09. The van der Waals surface area contributed by atoms with Crippen LogP contribution >= 0.6 is 0 Å². The van der Waals surface area contributed by atoms with Crippen molar-refractivity contribution in [3.8, 4) is 0 Å². The molecule has 0 aromatic rings. The second-order valence-electron chi connectivity index (χ2n) is 2.32. The van der Waals surface area contributed by atoms with Crippen molar-refractivity contribution in [2.24, 2.45) is 0 Å². The minimum absolute atomic E-state index is 0.215. The average molecular weight is 187 g/mol. The maximum absolute atomic E-state index is 10.7. The highest BCUT2D eigenvalue weighted by molar-refractivity contribution is 5.81. The van der Waals surface area contributed by atoms with E-state index in [9.17, 15) is 9.59 Å². The minimum Gasteiger partial charge on any atom is -0.458 e. The molecule has 0 aliphatic heterocycles. The van der Waals surface area contributed by atoms with E-state index in [1.165, 1.54) is 7.11 Å². The number of esters is 1. The van der Waals surface area contributed by atoms with Crippen molar-refractivity contribution >= 4 is 12.1 Å². The van der Waals surface area contributed by atoms with Crippen molar-refractivity contribution < 1.29 is 19.1 Å². The van der Waals surface area contributed by atoms with E-state index in [-0.39, 0.29) is 6.54 Å². The number of hydrogen-bond acceptors (Lipinski definition) is 4. The van der Waals surface area contributed by atoms with E-state index in [0.29, 0.717) is 0 Å². The Morgan fingerprint density at radius 2 is 2.23 bits per heavy atom. The van der Waals surface area contributed by atoms with Gasteiger partial charge >= 0.3 is 12.1 Å². The lowest BCUT2D eigenvalue weighted by molar-refractivity contribution is -0.141. The summed E-state index contributed by atoms with van der Waals surface area (Å²) in [6, 6.07) is 0. The lowest BCUT2D eigenvalue weighted by atomic mass is 10.4. The van der Waals surface area contributed by atoms with E-state index in [1.54, 1.807) is 6.92 Å². The second kappa shape index (κ2) is 6.05. The molecule has 1 unspecified atom stereocenters. The van der Waals surface area contributed by atoms with Crippen LogP contribution in [0.3, 0.4) is 0 Å². The quantitative estimate of drug-likeness (QED) is 0.513. The summed E-state index contributed by atoms with van der Waals surface area (Å²) in [5.41, 5.74) is 0. The molecule has 0 bridgehead atoms. The molecule has 0 aromatic carbocycles. The zero-order valence-electron chi connectivity index (χ0n) is 7.70. The van der Waals surface area contributed by atoms with Gasteiger partial charge in [0.15, 0.2) is 0 Å². The number of carbonyl (C=O) groups is 2. The third-order valence-electron chi connectivity index (χ3n) is 1.20. The number of ether oxygens (including phenoxy) is 2. The Balaban J connectivity index is 3.62. The number of nitrogens with one attached hydrogen (secondary N) is 1. The van der Waals surface area contributed by atoms with Crippen LogP contribution in [0.25, 0.3) is 0 Å². The Bertz CT molecular complexity index is 202. The van der Waals surface area contributed by atoms with Gasteiger partial charge in [0.1, 0.15) is 6.10 Å². The van der Waals surface area contributed by atoms with E-state index in [1.807, 2.05) is 0 Å². The van der Waals surface area contributed by atoms with Gasteiger partial charge in [-0.1, -0.05) is 6.58 Å². The SMILES string of the molecule is C=CC(=O)OC(C)CNC(=O)OC. The van der Waals surface area contributed by atoms with Crippen LogP contribution in [0.4, 0.5) is 4.79 Å². The predicted octanol–water partition coefficient (Wildman–Crippen LogP) is 0.460. The maximum Gasteiger partial charge on any atom is 0.406 e. The molecule has 0 saturated carbocycles. The third-order valence-corrected chi connectivity index (χ3v) is 1.20. The molecule has 0 spiro atoms. The lowest BCUT2D eigenvalue weighted by Crippen LogP contribution is -2.32. The first-order valence-corrected chi connectivity index (χ1v) is 3.75. The number of hydrogen-bond donors (Lipinski definition) is 1. The largest absolute Gasteiger partial charge is 0.458 e. The van der Waals surface area contributed by atoms with E-state index in [4.69, 9.17) is 4.74 Å². The predicted molar refractivity (Wildman–Crippen MR) is 46.2 cm³/mol. The van der Waals surface area contributed by atoms with Gasteiger partial charge in [-0.3, -0.25) is 0 Å². The molecule has 74 valence electrons. The van der Waals surface area contributed by atoms with Crippen LogP contribution in [0.1, 0.15) is 6.92 Å². The van der Waals surface area contributed by atoms with E-state index < -0.39 is 18.2 Å². The number of amides is 1. The van der Waals surface area contributed by atoms with Crippen molar-refractivity contribution in [3.63, 3.8) is 0 Å². The topological polar surface area (TPSA) is 64.6 Å². The number of alkyl carbamates (subject to hydrolysis) is 1. The second-order valence-corrected chi connectivity index (χ2v) is 2.32. The summed E-state index contributed by atoms with van der Waals surface area (Å²) in [6.45, 7) is 5.10. The molecule has 5 heteroatoms. The summed E-state index contributed by atoms with van der Waals surface area (Å²) >= 11 is 0. The zero-order valence-corrected chi connectivity index (χ0v) is 7.70. The fraction of sp³-hybridized carbons (Fsp3) is 0.500. The molecular weight excluding hydrogens is 174 g/mol. The highest BCUT2D eigenvalue weighted by atomic mass is 16.5. The van der Waals surface area contributed by atoms with Gasteiger partial charge < -0.3 is 14.8 Å². The minimum atomic E-state index is -0.554. The van der Waals surface area contributed by atoms with Gasteiger partial charge in [0.25, 0.3) is 0 Å². The fourth-order valence-corrected chi connectivity index (χ4v) is 0.587. The lowest BCUT2D eigenvalue weighted by Gasteiger charge is -2.11. The van der Waals surface area contributed by atoms with Gasteiger partial charge in [-0.25, -0.2) is 9.59 Å². The highest BCUT2D eigenvalue weighted by Gasteiger charge is 2.07. The Kier molecular flexibility index (Phi) is 5.34. The number of methoxy groups -OCH3 is 1.